The summed E-state index contributed by atoms with van der Waals surface area (Å²) in [5, 5.41) is 12.9. The van der Waals surface area contributed by atoms with Crippen LogP contribution in [0.15, 0.2) is 0 Å². The lowest BCUT2D eigenvalue weighted by atomic mass is 10.2. The zero-order valence-corrected chi connectivity index (χ0v) is 8.13. The van der Waals surface area contributed by atoms with Crippen LogP contribution in [0.5, 0.6) is 0 Å². The lowest BCUT2D eigenvalue weighted by molar-refractivity contribution is 0.149. The predicted octanol–water partition coefficient (Wildman–Crippen LogP) is 1.29. The minimum absolute atomic E-state index is 0.118. The van der Waals surface area contributed by atoms with Gasteiger partial charge in [-0.05, 0) is 38.6 Å². The number of aliphatic hydroxyl groups excluding tert-OH is 1. The van der Waals surface area contributed by atoms with Crippen molar-refractivity contribution in [3.05, 3.63) is 0 Å². The smallest absolute Gasteiger partial charge is 0.0693 e. The third-order valence-corrected chi connectivity index (χ3v) is 2.63. The highest BCUT2D eigenvalue weighted by Crippen LogP contribution is 2.18. The fraction of sp³-hybridized carbons (Fsp3) is 0.818. The van der Waals surface area contributed by atoms with E-state index in [9.17, 15) is 5.11 Å². The van der Waals surface area contributed by atoms with Crippen molar-refractivity contribution in [1.82, 2.24) is 5.32 Å². The van der Waals surface area contributed by atoms with Crippen LogP contribution in [-0.4, -0.2) is 23.8 Å². The van der Waals surface area contributed by atoms with E-state index in [4.69, 9.17) is 6.42 Å². The van der Waals surface area contributed by atoms with Crippen LogP contribution in [0.2, 0.25) is 0 Å². The maximum atomic E-state index is 9.50. The van der Waals surface area contributed by atoms with Crippen LogP contribution in [0.1, 0.15) is 38.5 Å². The van der Waals surface area contributed by atoms with Gasteiger partial charge in [0.15, 0.2) is 0 Å². The van der Waals surface area contributed by atoms with Gasteiger partial charge in [-0.25, -0.2) is 0 Å². The Morgan fingerprint density at radius 1 is 1.38 bits per heavy atom. The molecule has 2 atom stereocenters. The van der Waals surface area contributed by atoms with Gasteiger partial charge in [0.2, 0.25) is 0 Å². The van der Waals surface area contributed by atoms with Crippen molar-refractivity contribution in [3.63, 3.8) is 0 Å². The SMILES string of the molecule is C#CCCCCNC1CCCC1O. The highest BCUT2D eigenvalue weighted by atomic mass is 16.3. The summed E-state index contributed by atoms with van der Waals surface area (Å²) >= 11 is 0. The first kappa shape index (κ1) is 10.6. The number of hydrogen-bond donors (Lipinski definition) is 2. The number of hydrogen-bond acceptors (Lipinski definition) is 2. The zero-order chi connectivity index (χ0) is 9.52. The van der Waals surface area contributed by atoms with E-state index in [1.165, 1.54) is 0 Å². The summed E-state index contributed by atoms with van der Waals surface area (Å²) in [7, 11) is 0. The van der Waals surface area contributed by atoms with Gasteiger partial charge in [-0.3, -0.25) is 0 Å². The standard InChI is InChI=1S/C11H19NO/c1-2-3-4-5-9-12-10-7-6-8-11(10)13/h1,10-13H,3-9H2. The summed E-state index contributed by atoms with van der Waals surface area (Å²) < 4.78 is 0. The van der Waals surface area contributed by atoms with Crippen LogP contribution >= 0.6 is 0 Å². The average molecular weight is 181 g/mol. The molecule has 1 rings (SSSR count). The van der Waals surface area contributed by atoms with Crippen LogP contribution in [0.25, 0.3) is 0 Å². The molecule has 1 aliphatic carbocycles. The van der Waals surface area contributed by atoms with Gasteiger partial charge >= 0.3 is 0 Å². The maximum absolute atomic E-state index is 9.50. The van der Waals surface area contributed by atoms with Crippen molar-refractivity contribution in [2.75, 3.05) is 6.54 Å². The second-order valence-corrected chi connectivity index (χ2v) is 3.72. The normalized spacial score (nSPS) is 27.4. The topological polar surface area (TPSA) is 32.3 Å². The minimum Gasteiger partial charge on any atom is -0.392 e. The molecule has 2 N–H and O–H groups in total. The summed E-state index contributed by atoms with van der Waals surface area (Å²) in [6, 6.07) is 0.339. The number of aliphatic hydroxyl groups is 1. The number of rotatable bonds is 5. The van der Waals surface area contributed by atoms with E-state index in [0.29, 0.717) is 6.04 Å². The molecule has 13 heavy (non-hydrogen) atoms. The molecule has 0 aromatic carbocycles. The highest BCUT2D eigenvalue weighted by molar-refractivity contribution is 4.84. The van der Waals surface area contributed by atoms with Crippen molar-refractivity contribution in [2.24, 2.45) is 0 Å². The molecule has 1 fully saturated rings. The Morgan fingerprint density at radius 3 is 2.85 bits per heavy atom. The van der Waals surface area contributed by atoms with Gasteiger partial charge in [0, 0.05) is 12.5 Å². The predicted molar refractivity (Wildman–Crippen MR) is 54.3 cm³/mol. The molecule has 0 bridgehead atoms. The van der Waals surface area contributed by atoms with E-state index in [-0.39, 0.29) is 6.10 Å². The van der Waals surface area contributed by atoms with Gasteiger partial charge in [-0.2, -0.15) is 0 Å². The molecular weight excluding hydrogens is 162 g/mol. The first-order chi connectivity index (χ1) is 6.34. The summed E-state index contributed by atoms with van der Waals surface area (Å²) in [4.78, 5) is 0. The molecule has 1 aliphatic rings. The second-order valence-electron chi connectivity index (χ2n) is 3.72. The summed E-state index contributed by atoms with van der Waals surface area (Å²) in [5.74, 6) is 2.63. The van der Waals surface area contributed by atoms with Crippen molar-refractivity contribution >= 4 is 0 Å². The molecule has 0 spiro atoms. The van der Waals surface area contributed by atoms with Crippen LogP contribution in [0.4, 0.5) is 0 Å². The Kier molecular flexibility index (Phi) is 4.88. The molecule has 74 valence electrons. The molecule has 1 saturated carbocycles. The number of terminal acetylenes is 1. The van der Waals surface area contributed by atoms with E-state index in [0.717, 1.165) is 45.1 Å². The minimum atomic E-state index is -0.118. The zero-order valence-electron chi connectivity index (χ0n) is 8.13. The van der Waals surface area contributed by atoms with Gasteiger partial charge in [0.1, 0.15) is 0 Å². The van der Waals surface area contributed by atoms with Crippen molar-refractivity contribution in [3.8, 4) is 12.3 Å². The van der Waals surface area contributed by atoms with Crippen LogP contribution < -0.4 is 5.32 Å². The van der Waals surface area contributed by atoms with Crippen molar-refractivity contribution in [2.45, 2.75) is 50.7 Å². The van der Waals surface area contributed by atoms with Crippen LogP contribution in [-0.2, 0) is 0 Å². The number of unbranched alkanes of at least 4 members (excludes halogenated alkanes) is 2. The van der Waals surface area contributed by atoms with Gasteiger partial charge < -0.3 is 10.4 Å². The fourth-order valence-corrected chi connectivity index (χ4v) is 1.82. The molecule has 0 heterocycles. The lowest BCUT2D eigenvalue weighted by Gasteiger charge is -2.15. The summed E-state index contributed by atoms with van der Waals surface area (Å²) in [5.41, 5.74) is 0. The van der Waals surface area contributed by atoms with E-state index in [1.54, 1.807) is 0 Å². The van der Waals surface area contributed by atoms with Gasteiger partial charge in [0.05, 0.1) is 6.10 Å². The van der Waals surface area contributed by atoms with Gasteiger partial charge in [-0.1, -0.05) is 0 Å². The Bertz CT molecular complexity index is 173. The largest absolute Gasteiger partial charge is 0.392 e. The number of nitrogens with one attached hydrogen (secondary N) is 1. The fourth-order valence-electron chi connectivity index (χ4n) is 1.82. The maximum Gasteiger partial charge on any atom is 0.0693 e. The third kappa shape index (κ3) is 3.80. The van der Waals surface area contributed by atoms with E-state index in [1.807, 2.05) is 0 Å². The first-order valence-corrected chi connectivity index (χ1v) is 5.19. The van der Waals surface area contributed by atoms with Gasteiger partial charge in [-0.15, -0.1) is 12.3 Å². The Balaban J connectivity index is 1.96. The van der Waals surface area contributed by atoms with E-state index >= 15 is 0 Å². The Hall–Kier alpha value is -0.520. The summed E-state index contributed by atoms with van der Waals surface area (Å²) in [6.07, 6.45) is 11.3. The van der Waals surface area contributed by atoms with Crippen molar-refractivity contribution < 1.29 is 5.11 Å². The van der Waals surface area contributed by atoms with Crippen LogP contribution in [0.3, 0.4) is 0 Å². The molecule has 2 nitrogen and oxygen atoms in total. The Morgan fingerprint density at radius 2 is 2.23 bits per heavy atom. The molecule has 2 heteroatoms. The molecule has 0 aromatic heterocycles. The van der Waals surface area contributed by atoms with Crippen molar-refractivity contribution in [1.29, 1.82) is 0 Å². The summed E-state index contributed by atoms with van der Waals surface area (Å²) in [6.45, 7) is 0.989. The monoisotopic (exact) mass is 181 g/mol. The molecule has 0 aliphatic heterocycles. The molecule has 0 saturated heterocycles. The van der Waals surface area contributed by atoms with Crippen LogP contribution in [0, 0.1) is 12.3 Å². The van der Waals surface area contributed by atoms with Gasteiger partial charge in [0.25, 0.3) is 0 Å². The molecule has 0 amide bonds. The first-order valence-electron chi connectivity index (χ1n) is 5.19. The molecular formula is C11H19NO. The van der Waals surface area contributed by atoms with E-state index in [2.05, 4.69) is 11.2 Å². The molecule has 0 radical (unpaired) electrons. The molecule has 0 aromatic rings. The quantitative estimate of drug-likeness (QED) is 0.495. The molecule has 2 unspecified atom stereocenters. The third-order valence-electron chi connectivity index (χ3n) is 2.63. The highest BCUT2D eigenvalue weighted by Gasteiger charge is 2.23. The Labute approximate surface area is 80.7 Å². The lowest BCUT2D eigenvalue weighted by Crippen LogP contribution is -2.36. The average Bonchev–Trinajstić information content (AvgIpc) is 2.52. The second kappa shape index (κ2) is 6.01. The van der Waals surface area contributed by atoms with E-state index < -0.39 is 0 Å².